The Labute approximate surface area is 147 Å². The summed E-state index contributed by atoms with van der Waals surface area (Å²) in [5, 5.41) is 0. The van der Waals surface area contributed by atoms with Crippen molar-refractivity contribution in [1.82, 2.24) is 9.88 Å². The van der Waals surface area contributed by atoms with E-state index < -0.39 is 0 Å². The number of aromatic nitrogens is 1. The van der Waals surface area contributed by atoms with Crippen LogP contribution in [0.2, 0.25) is 0 Å². The van der Waals surface area contributed by atoms with Crippen molar-refractivity contribution in [2.75, 3.05) is 19.7 Å². The van der Waals surface area contributed by atoms with Crippen molar-refractivity contribution in [1.29, 1.82) is 0 Å². The lowest BCUT2D eigenvalue weighted by Gasteiger charge is -2.24. The number of carbonyl (C=O) groups is 1. The van der Waals surface area contributed by atoms with E-state index in [1.165, 1.54) is 12.8 Å². The molecule has 2 heterocycles. The number of amides is 1. The second kappa shape index (κ2) is 7.23. The fraction of sp³-hybridized carbons (Fsp3) is 0.400. The molecule has 0 spiro atoms. The SMILES string of the molecule is O=C1c2cccnc2O[C@@H](COCc2ccccc2)CN1CC1CC1. The van der Waals surface area contributed by atoms with Crippen molar-refractivity contribution in [3.63, 3.8) is 0 Å². The molecule has 4 rings (SSSR count). The van der Waals surface area contributed by atoms with E-state index in [1.807, 2.05) is 35.2 Å². The zero-order valence-electron chi connectivity index (χ0n) is 14.1. The number of fused-ring (bicyclic) bond motifs is 1. The standard InChI is InChI=1S/C20H22N2O3/c23-20-18-7-4-10-21-19(18)25-17(12-22(20)11-15-8-9-15)14-24-13-16-5-2-1-3-6-16/h1-7,10,15,17H,8-9,11-14H2/t17-/m1/s1. The molecule has 0 saturated heterocycles. The lowest BCUT2D eigenvalue weighted by atomic mass is 10.2. The van der Waals surface area contributed by atoms with Crippen LogP contribution in [0.15, 0.2) is 48.7 Å². The minimum absolute atomic E-state index is 0.0144. The first kappa shape index (κ1) is 16.1. The molecule has 1 aromatic heterocycles. The Bertz CT molecular complexity index is 731. The van der Waals surface area contributed by atoms with E-state index in [1.54, 1.807) is 18.3 Å². The number of benzene rings is 1. The Balaban J connectivity index is 1.44. The van der Waals surface area contributed by atoms with E-state index in [0.29, 0.717) is 37.1 Å². The van der Waals surface area contributed by atoms with E-state index in [-0.39, 0.29) is 12.0 Å². The Morgan fingerprint density at radius 1 is 1.16 bits per heavy atom. The van der Waals surface area contributed by atoms with Gasteiger partial charge in [-0.3, -0.25) is 4.79 Å². The molecule has 2 aromatic rings. The lowest BCUT2D eigenvalue weighted by molar-refractivity contribution is 0.0251. The fourth-order valence-corrected chi connectivity index (χ4v) is 3.08. The topological polar surface area (TPSA) is 51.7 Å². The maximum atomic E-state index is 12.8. The van der Waals surface area contributed by atoms with Gasteiger partial charge in [0, 0.05) is 12.7 Å². The number of carbonyl (C=O) groups excluding carboxylic acids is 1. The molecule has 25 heavy (non-hydrogen) atoms. The van der Waals surface area contributed by atoms with Crippen LogP contribution in [0.25, 0.3) is 0 Å². The van der Waals surface area contributed by atoms with Gasteiger partial charge in [0.15, 0.2) is 0 Å². The number of hydrogen-bond acceptors (Lipinski definition) is 4. The molecule has 0 radical (unpaired) electrons. The maximum absolute atomic E-state index is 12.8. The lowest BCUT2D eigenvalue weighted by Crippen LogP contribution is -2.40. The Morgan fingerprint density at radius 3 is 2.80 bits per heavy atom. The van der Waals surface area contributed by atoms with Crippen LogP contribution >= 0.6 is 0 Å². The summed E-state index contributed by atoms with van der Waals surface area (Å²) in [5.74, 6) is 1.06. The van der Waals surface area contributed by atoms with E-state index >= 15 is 0 Å². The van der Waals surface area contributed by atoms with Crippen molar-refractivity contribution in [2.24, 2.45) is 5.92 Å². The van der Waals surface area contributed by atoms with E-state index in [2.05, 4.69) is 4.98 Å². The molecule has 5 heteroatoms. The van der Waals surface area contributed by atoms with Crippen molar-refractivity contribution in [3.05, 3.63) is 59.8 Å². The Morgan fingerprint density at radius 2 is 2.00 bits per heavy atom. The number of hydrogen-bond donors (Lipinski definition) is 0. The number of rotatable bonds is 6. The number of pyridine rings is 1. The zero-order valence-corrected chi connectivity index (χ0v) is 14.1. The highest BCUT2D eigenvalue weighted by Gasteiger charge is 2.33. The second-order valence-electron chi connectivity index (χ2n) is 6.75. The zero-order chi connectivity index (χ0) is 17.1. The molecule has 0 N–H and O–H groups in total. The summed E-state index contributed by atoms with van der Waals surface area (Å²) in [7, 11) is 0. The molecule has 1 saturated carbocycles. The highest BCUT2D eigenvalue weighted by molar-refractivity contribution is 5.96. The molecular formula is C20H22N2O3. The van der Waals surface area contributed by atoms with Gasteiger partial charge in [0.1, 0.15) is 11.7 Å². The van der Waals surface area contributed by atoms with Gasteiger partial charge in [-0.2, -0.15) is 0 Å². The average Bonchev–Trinajstić information content (AvgIpc) is 3.46. The smallest absolute Gasteiger partial charge is 0.259 e. The predicted molar refractivity (Wildman–Crippen MR) is 93.4 cm³/mol. The van der Waals surface area contributed by atoms with Gasteiger partial charge < -0.3 is 14.4 Å². The monoisotopic (exact) mass is 338 g/mol. The summed E-state index contributed by atoms with van der Waals surface area (Å²) < 4.78 is 11.8. The fourth-order valence-electron chi connectivity index (χ4n) is 3.08. The van der Waals surface area contributed by atoms with Crippen molar-refractivity contribution in [3.8, 4) is 5.88 Å². The second-order valence-corrected chi connectivity index (χ2v) is 6.75. The van der Waals surface area contributed by atoms with Gasteiger partial charge in [-0.15, -0.1) is 0 Å². The largest absolute Gasteiger partial charge is 0.469 e. The highest BCUT2D eigenvalue weighted by atomic mass is 16.5. The normalized spacial score (nSPS) is 19.9. The van der Waals surface area contributed by atoms with Crippen LogP contribution in [0.5, 0.6) is 5.88 Å². The third-order valence-corrected chi connectivity index (χ3v) is 4.58. The maximum Gasteiger partial charge on any atom is 0.259 e. The van der Waals surface area contributed by atoms with Crippen LogP contribution in [0.1, 0.15) is 28.8 Å². The number of ether oxygens (including phenoxy) is 2. The van der Waals surface area contributed by atoms with Gasteiger partial charge in [-0.05, 0) is 36.5 Å². The van der Waals surface area contributed by atoms with Gasteiger partial charge in [0.05, 0.1) is 19.8 Å². The van der Waals surface area contributed by atoms with Gasteiger partial charge >= 0.3 is 0 Å². The first-order valence-electron chi connectivity index (χ1n) is 8.82. The minimum atomic E-state index is -0.206. The van der Waals surface area contributed by atoms with Crippen LogP contribution in [0, 0.1) is 5.92 Å². The van der Waals surface area contributed by atoms with Gasteiger partial charge in [-0.1, -0.05) is 30.3 Å². The summed E-state index contributed by atoms with van der Waals surface area (Å²) in [6, 6.07) is 13.6. The Hall–Kier alpha value is -2.40. The van der Waals surface area contributed by atoms with Gasteiger partial charge in [0.25, 0.3) is 5.91 Å². The Kier molecular flexibility index (Phi) is 4.65. The molecular weight excluding hydrogens is 316 g/mol. The van der Waals surface area contributed by atoms with Gasteiger partial charge in [-0.25, -0.2) is 4.98 Å². The van der Waals surface area contributed by atoms with Crippen LogP contribution in [-0.2, 0) is 11.3 Å². The summed E-state index contributed by atoms with van der Waals surface area (Å²) in [6.07, 6.45) is 3.87. The first-order valence-corrected chi connectivity index (χ1v) is 8.82. The van der Waals surface area contributed by atoms with E-state index in [9.17, 15) is 4.79 Å². The molecule has 1 aliphatic carbocycles. The third kappa shape index (κ3) is 3.99. The van der Waals surface area contributed by atoms with Crippen molar-refractivity contribution < 1.29 is 14.3 Å². The predicted octanol–water partition coefficient (Wildman–Crippen LogP) is 2.91. The molecule has 1 amide bonds. The van der Waals surface area contributed by atoms with Gasteiger partial charge in [0.2, 0.25) is 5.88 Å². The third-order valence-electron chi connectivity index (χ3n) is 4.58. The summed E-state index contributed by atoms with van der Waals surface area (Å²) in [6.45, 7) is 2.30. The van der Waals surface area contributed by atoms with Crippen LogP contribution in [0.3, 0.4) is 0 Å². The molecule has 0 unspecified atom stereocenters. The molecule has 1 aromatic carbocycles. The molecule has 1 atom stereocenters. The quantitative estimate of drug-likeness (QED) is 0.813. The first-order chi connectivity index (χ1) is 12.3. The number of nitrogens with zero attached hydrogens (tertiary/aromatic N) is 2. The van der Waals surface area contributed by atoms with Crippen LogP contribution < -0.4 is 4.74 Å². The molecule has 1 aliphatic heterocycles. The van der Waals surface area contributed by atoms with E-state index in [0.717, 1.165) is 12.1 Å². The summed E-state index contributed by atoms with van der Waals surface area (Å²) in [4.78, 5) is 19.0. The van der Waals surface area contributed by atoms with Crippen molar-refractivity contribution in [2.45, 2.75) is 25.6 Å². The van der Waals surface area contributed by atoms with Crippen LogP contribution in [-0.4, -0.2) is 41.6 Å². The molecule has 130 valence electrons. The highest BCUT2D eigenvalue weighted by Crippen LogP contribution is 2.32. The summed E-state index contributed by atoms with van der Waals surface area (Å²) >= 11 is 0. The minimum Gasteiger partial charge on any atom is -0.469 e. The molecule has 2 aliphatic rings. The molecule has 0 bridgehead atoms. The summed E-state index contributed by atoms with van der Waals surface area (Å²) in [5.41, 5.74) is 1.68. The average molecular weight is 338 g/mol. The molecule has 1 fully saturated rings. The van der Waals surface area contributed by atoms with E-state index in [4.69, 9.17) is 9.47 Å². The van der Waals surface area contributed by atoms with Crippen molar-refractivity contribution >= 4 is 5.91 Å². The molecule has 5 nitrogen and oxygen atoms in total. The van der Waals surface area contributed by atoms with Crippen LogP contribution in [0.4, 0.5) is 0 Å².